The number of aryl methyl sites for hydroxylation is 2. The van der Waals surface area contributed by atoms with Crippen LogP contribution in [0.15, 0.2) is 6.20 Å². The summed E-state index contributed by atoms with van der Waals surface area (Å²) < 4.78 is 1.94. The second-order valence-electron chi connectivity index (χ2n) is 7.05. The highest BCUT2D eigenvalue weighted by atomic mass is 15.3. The van der Waals surface area contributed by atoms with Crippen molar-refractivity contribution in [1.82, 2.24) is 14.7 Å². The Bertz CT molecular complexity index is 463. The summed E-state index contributed by atoms with van der Waals surface area (Å²) in [7, 11) is 2.01. The largest absolute Gasteiger partial charge is 0.329 e. The van der Waals surface area contributed by atoms with Gasteiger partial charge in [0.2, 0.25) is 0 Å². The summed E-state index contributed by atoms with van der Waals surface area (Å²) in [5, 5.41) is 4.60. The fraction of sp³-hybridized carbons (Fsp3) is 0.824. The van der Waals surface area contributed by atoms with E-state index in [1.165, 1.54) is 62.9 Å². The van der Waals surface area contributed by atoms with E-state index in [4.69, 9.17) is 5.73 Å². The molecule has 1 spiro atoms. The minimum absolute atomic E-state index is 0.354. The minimum Gasteiger partial charge on any atom is -0.329 e. The lowest BCUT2D eigenvalue weighted by molar-refractivity contribution is 0.0777. The molecule has 3 rings (SSSR count). The molecule has 0 aromatic carbocycles. The molecule has 4 nitrogen and oxygen atoms in total. The summed E-state index contributed by atoms with van der Waals surface area (Å²) in [5.41, 5.74) is 9.38. The zero-order chi connectivity index (χ0) is 14.9. The van der Waals surface area contributed by atoms with E-state index in [0.29, 0.717) is 18.0 Å². The van der Waals surface area contributed by atoms with Crippen molar-refractivity contribution in [3.8, 4) is 0 Å². The molecule has 1 aliphatic carbocycles. The van der Waals surface area contributed by atoms with Gasteiger partial charge in [0.1, 0.15) is 0 Å². The molecule has 2 fully saturated rings. The van der Waals surface area contributed by atoms with Gasteiger partial charge in [0, 0.05) is 25.4 Å². The third kappa shape index (κ3) is 2.88. The lowest BCUT2D eigenvalue weighted by Crippen LogP contribution is -2.43. The molecule has 1 aromatic rings. The third-order valence-electron chi connectivity index (χ3n) is 5.82. The summed E-state index contributed by atoms with van der Waals surface area (Å²) in [5.74, 6) is 0. The number of rotatable bonds is 4. The molecule has 2 N–H and O–H groups in total. The Labute approximate surface area is 128 Å². The van der Waals surface area contributed by atoms with Crippen molar-refractivity contribution in [3.63, 3.8) is 0 Å². The van der Waals surface area contributed by atoms with E-state index in [1.807, 2.05) is 11.7 Å². The highest BCUT2D eigenvalue weighted by molar-refractivity contribution is 5.22. The number of nitrogens with two attached hydrogens (primary N) is 1. The first kappa shape index (κ1) is 15.0. The van der Waals surface area contributed by atoms with Gasteiger partial charge in [-0.15, -0.1) is 0 Å². The molecule has 1 unspecified atom stereocenters. The Morgan fingerprint density at radius 3 is 2.48 bits per heavy atom. The van der Waals surface area contributed by atoms with Crippen molar-refractivity contribution in [2.45, 2.75) is 57.9 Å². The maximum absolute atomic E-state index is 6.13. The number of hydrogen-bond acceptors (Lipinski definition) is 3. The van der Waals surface area contributed by atoms with Crippen LogP contribution in [0.3, 0.4) is 0 Å². The van der Waals surface area contributed by atoms with Gasteiger partial charge in [-0.1, -0.05) is 19.8 Å². The van der Waals surface area contributed by atoms with Crippen molar-refractivity contribution in [1.29, 1.82) is 0 Å². The Kier molecular flexibility index (Phi) is 4.36. The molecule has 2 heterocycles. The summed E-state index contributed by atoms with van der Waals surface area (Å²) in [6, 6.07) is 0.354. The van der Waals surface area contributed by atoms with Crippen LogP contribution in [-0.4, -0.2) is 34.3 Å². The van der Waals surface area contributed by atoms with Crippen LogP contribution < -0.4 is 5.73 Å². The smallest absolute Gasteiger partial charge is 0.0670 e. The van der Waals surface area contributed by atoms with E-state index in [1.54, 1.807) is 0 Å². The van der Waals surface area contributed by atoms with E-state index in [2.05, 4.69) is 23.1 Å². The highest BCUT2D eigenvalue weighted by Gasteiger charge is 2.38. The molecular weight excluding hydrogens is 260 g/mol. The zero-order valence-corrected chi connectivity index (χ0v) is 13.6. The lowest BCUT2D eigenvalue weighted by Gasteiger charge is -2.42. The maximum atomic E-state index is 6.13. The normalized spacial score (nSPS) is 23.8. The van der Waals surface area contributed by atoms with Crippen LogP contribution in [0.25, 0.3) is 0 Å². The molecule has 4 heteroatoms. The van der Waals surface area contributed by atoms with Gasteiger partial charge in [0.05, 0.1) is 11.7 Å². The zero-order valence-electron chi connectivity index (χ0n) is 13.6. The second-order valence-corrected chi connectivity index (χ2v) is 7.05. The SMILES string of the molecule is CCc1nn(C)cc1C(CN)N1CCC2(CCCC2)CC1. The van der Waals surface area contributed by atoms with Gasteiger partial charge in [-0.3, -0.25) is 9.58 Å². The standard InChI is InChI=1S/C17H30N4/c1-3-15-14(13-20(2)19-15)16(12-18)21-10-8-17(9-11-21)6-4-5-7-17/h13,16H,3-12,18H2,1-2H3. The lowest BCUT2D eigenvalue weighted by atomic mass is 9.76. The summed E-state index contributed by atoms with van der Waals surface area (Å²) in [6.07, 6.45) is 11.7. The third-order valence-corrected chi connectivity index (χ3v) is 5.82. The summed E-state index contributed by atoms with van der Waals surface area (Å²) in [6.45, 7) is 5.30. The summed E-state index contributed by atoms with van der Waals surface area (Å²) >= 11 is 0. The van der Waals surface area contributed by atoms with Gasteiger partial charge < -0.3 is 5.73 Å². The molecule has 1 saturated carbocycles. The average molecular weight is 290 g/mol. The Hall–Kier alpha value is -0.870. The monoisotopic (exact) mass is 290 g/mol. The first-order chi connectivity index (χ1) is 10.2. The van der Waals surface area contributed by atoms with Gasteiger partial charge in [-0.05, 0) is 50.6 Å². The fourth-order valence-electron chi connectivity index (χ4n) is 4.51. The topological polar surface area (TPSA) is 47.1 Å². The molecule has 1 atom stereocenters. The summed E-state index contributed by atoms with van der Waals surface area (Å²) in [4.78, 5) is 2.61. The molecule has 0 bridgehead atoms. The van der Waals surface area contributed by atoms with Crippen LogP contribution in [0.1, 0.15) is 62.7 Å². The highest BCUT2D eigenvalue weighted by Crippen LogP contribution is 2.47. The predicted octanol–water partition coefficient (Wildman–Crippen LogP) is 2.64. The molecule has 1 aliphatic heterocycles. The number of aromatic nitrogens is 2. The van der Waals surface area contributed by atoms with Gasteiger partial charge in [0.25, 0.3) is 0 Å². The molecule has 2 aliphatic rings. The molecule has 1 saturated heterocycles. The first-order valence-corrected chi connectivity index (χ1v) is 8.64. The molecule has 0 amide bonds. The number of likely N-dealkylation sites (tertiary alicyclic amines) is 1. The number of hydrogen-bond donors (Lipinski definition) is 1. The van der Waals surface area contributed by atoms with Crippen LogP contribution in [-0.2, 0) is 13.5 Å². The number of piperidine rings is 1. The predicted molar refractivity (Wildman–Crippen MR) is 86.1 cm³/mol. The molecule has 1 aromatic heterocycles. The van der Waals surface area contributed by atoms with E-state index in [9.17, 15) is 0 Å². The van der Waals surface area contributed by atoms with Crippen molar-refractivity contribution in [2.75, 3.05) is 19.6 Å². The molecular formula is C17H30N4. The van der Waals surface area contributed by atoms with E-state index >= 15 is 0 Å². The Balaban J connectivity index is 1.72. The van der Waals surface area contributed by atoms with Gasteiger partial charge in [0.15, 0.2) is 0 Å². The van der Waals surface area contributed by atoms with Gasteiger partial charge in [-0.25, -0.2) is 0 Å². The molecule has 0 radical (unpaired) electrons. The Morgan fingerprint density at radius 2 is 1.90 bits per heavy atom. The van der Waals surface area contributed by atoms with Gasteiger partial charge >= 0.3 is 0 Å². The van der Waals surface area contributed by atoms with Crippen LogP contribution in [0.2, 0.25) is 0 Å². The minimum atomic E-state index is 0.354. The number of nitrogens with zero attached hydrogens (tertiary/aromatic N) is 3. The van der Waals surface area contributed by atoms with Crippen LogP contribution in [0.4, 0.5) is 0 Å². The van der Waals surface area contributed by atoms with Crippen molar-refractivity contribution >= 4 is 0 Å². The van der Waals surface area contributed by atoms with Crippen molar-refractivity contribution in [2.24, 2.45) is 18.2 Å². The van der Waals surface area contributed by atoms with E-state index in [0.717, 1.165) is 6.42 Å². The molecule has 118 valence electrons. The van der Waals surface area contributed by atoms with Crippen molar-refractivity contribution < 1.29 is 0 Å². The van der Waals surface area contributed by atoms with Crippen LogP contribution in [0, 0.1) is 5.41 Å². The fourth-order valence-corrected chi connectivity index (χ4v) is 4.51. The van der Waals surface area contributed by atoms with Crippen LogP contribution >= 0.6 is 0 Å². The van der Waals surface area contributed by atoms with Crippen LogP contribution in [0.5, 0.6) is 0 Å². The quantitative estimate of drug-likeness (QED) is 0.927. The first-order valence-electron chi connectivity index (χ1n) is 8.64. The van der Waals surface area contributed by atoms with Gasteiger partial charge in [-0.2, -0.15) is 5.10 Å². The van der Waals surface area contributed by atoms with Crippen molar-refractivity contribution in [3.05, 3.63) is 17.5 Å². The van der Waals surface area contributed by atoms with E-state index < -0.39 is 0 Å². The molecule has 21 heavy (non-hydrogen) atoms. The average Bonchev–Trinajstić information content (AvgIpc) is 3.09. The maximum Gasteiger partial charge on any atom is 0.0670 e. The second kappa shape index (κ2) is 6.09. The Morgan fingerprint density at radius 1 is 1.24 bits per heavy atom. The van der Waals surface area contributed by atoms with E-state index in [-0.39, 0.29) is 0 Å².